The lowest BCUT2D eigenvalue weighted by Gasteiger charge is -2.45. The van der Waals surface area contributed by atoms with E-state index in [1.807, 2.05) is 0 Å². The number of aliphatic hydroxyl groups excluding tert-OH is 10. The van der Waals surface area contributed by atoms with Crippen LogP contribution in [0, 0.1) is 0 Å². The van der Waals surface area contributed by atoms with E-state index >= 15 is 0 Å². The predicted octanol–water partition coefficient (Wildman–Crippen LogP) is -1.54. The molecular weight excluding hydrogens is 680 g/mol. The van der Waals surface area contributed by atoms with Crippen molar-refractivity contribution < 1.29 is 84.3 Å². The number of carbonyl (C=O) groups excluding carboxylic acids is 1. The summed E-state index contributed by atoms with van der Waals surface area (Å²) < 4.78 is 33.2. The first-order valence-corrected chi connectivity index (χ1v) is 18.5. The highest BCUT2D eigenvalue weighted by Gasteiger charge is 2.61. The van der Waals surface area contributed by atoms with Crippen molar-refractivity contribution >= 4 is 5.97 Å². The number of hydrogen-bond acceptors (Lipinski definition) is 17. The standard InChI is InChI=1S/C34H62O17/c1-2-3-4-5-6-7-8-9-10-11-12-13-14-15-23(38)46-18-22-25(40)28(43)30(45)33(48-22)51-34(19-37)31(26(41)21(17-36)50-34)49-32-29(44)27(42)24(39)20(16-35)47-32/h20-22,24-33,35-37,39-45H,2-19H2,1H3/t20-,21-,22-,24-,25-,26-,27+,28+,29-,30-,31+,32-,33-,34+/m1/s1. The molecule has 300 valence electrons. The molecule has 0 aromatic heterocycles. The molecule has 0 aromatic carbocycles. The number of esters is 1. The lowest BCUT2D eigenvalue weighted by atomic mass is 9.98. The summed E-state index contributed by atoms with van der Waals surface area (Å²) in [4.78, 5) is 12.4. The van der Waals surface area contributed by atoms with Gasteiger partial charge in [-0.25, -0.2) is 0 Å². The molecule has 17 heteroatoms. The van der Waals surface area contributed by atoms with Gasteiger partial charge in [0.05, 0.1) is 13.2 Å². The molecular formula is C34H62O17. The Labute approximate surface area is 299 Å². The summed E-state index contributed by atoms with van der Waals surface area (Å²) in [6, 6.07) is 0. The normalized spacial score (nSPS) is 38.6. The van der Waals surface area contributed by atoms with Crippen LogP contribution in [-0.4, -0.2) is 169 Å². The van der Waals surface area contributed by atoms with Gasteiger partial charge < -0.3 is 79.5 Å². The van der Waals surface area contributed by atoms with Gasteiger partial charge in [-0.05, 0) is 6.42 Å². The minimum Gasteiger partial charge on any atom is -0.463 e. The minimum absolute atomic E-state index is 0.130. The highest BCUT2D eigenvalue weighted by molar-refractivity contribution is 5.69. The van der Waals surface area contributed by atoms with Gasteiger partial charge in [-0.15, -0.1) is 0 Å². The van der Waals surface area contributed by atoms with Gasteiger partial charge in [-0.1, -0.05) is 84.0 Å². The topological polar surface area (TPSA) is 275 Å². The summed E-state index contributed by atoms with van der Waals surface area (Å²) in [7, 11) is 0. The fourth-order valence-electron chi connectivity index (χ4n) is 6.64. The van der Waals surface area contributed by atoms with Crippen LogP contribution in [0.3, 0.4) is 0 Å². The van der Waals surface area contributed by atoms with Gasteiger partial charge in [0, 0.05) is 6.42 Å². The maximum Gasteiger partial charge on any atom is 0.305 e. The second-order valence-corrected chi connectivity index (χ2v) is 13.9. The van der Waals surface area contributed by atoms with Crippen LogP contribution < -0.4 is 0 Å². The van der Waals surface area contributed by atoms with Gasteiger partial charge >= 0.3 is 5.97 Å². The van der Waals surface area contributed by atoms with E-state index < -0.39 is 118 Å². The van der Waals surface area contributed by atoms with Gasteiger partial charge in [0.2, 0.25) is 5.79 Å². The highest BCUT2D eigenvalue weighted by atomic mass is 16.8. The Morgan fingerprint density at radius 2 is 1.08 bits per heavy atom. The van der Waals surface area contributed by atoms with Crippen LogP contribution >= 0.6 is 0 Å². The smallest absolute Gasteiger partial charge is 0.305 e. The summed E-state index contributed by atoms with van der Waals surface area (Å²) in [5.74, 6) is -3.03. The molecule has 0 aliphatic carbocycles. The monoisotopic (exact) mass is 742 g/mol. The van der Waals surface area contributed by atoms with Crippen LogP contribution in [-0.2, 0) is 33.2 Å². The van der Waals surface area contributed by atoms with Crippen LogP contribution in [0.15, 0.2) is 0 Å². The summed E-state index contributed by atoms with van der Waals surface area (Å²) >= 11 is 0. The van der Waals surface area contributed by atoms with Crippen LogP contribution in [0.1, 0.15) is 96.8 Å². The molecule has 0 aromatic rings. The first kappa shape index (κ1) is 44.3. The number of rotatable bonds is 23. The SMILES string of the molecule is CCCCCCCCCCCCCCCC(=O)OC[C@H]1O[C@H](O[C@]2(CO)O[C@H](CO)[C@@H](O)[C@@H]2O[C@H]2O[C@H](CO)[C@@H](O)[C@H](O)[C@H]2O)[C@H](O)[C@@H](O)[C@@H]1O. The van der Waals surface area contributed by atoms with Gasteiger partial charge in [0.1, 0.15) is 80.4 Å². The molecule has 3 aliphatic heterocycles. The fraction of sp³-hybridized carbons (Fsp3) is 0.971. The largest absolute Gasteiger partial charge is 0.463 e. The van der Waals surface area contributed by atoms with E-state index in [0.717, 1.165) is 25.7 Å². The van der Waals surface area contributed by atoms with Crippen molar-refractivity contribution in [1.29, 1.82) is 0 Å². The molecule has 3 rings (SSSR count). The number of hydrogen-bond donors (Lipinski definition) is 10. The third-order valence-electron chi connectivity index (χ3n) is 9.88. The van der Waals surface area contributed by atoms with Crippen LogP contribution in [0.25, 0.3) is 0 Å². The molecule has 14 atom stereocenters. The lowest BCUT2D eigenvalue weighted by molar-refractivity contribution is -0.400. The zero-order valence-electron chi connectivity index (χ0n) is 29.6. The molecule has 17 nitrogen and oxygen atoms in total. The van der Waals surface area contributed by atoms with E-state index in [1.165, 1.54) is 51.4 Å². The fourth-order valence-corrected chi connectivity index (χ4v) is 6.64. The number of unbranched alkanes of at least 4 members (excludes halogenated alkanes) is 12. The van der Waals surface area contributed by atoms with Crippen molar-refractivity contribution in [3.63, 3.8) is 0 Å². The van der Waals surface area contributed by atoms with E-state index in [-0.39, 0.29) is 6.42 Å². The molecule has 0 saturated carbocycles. The van der Waals surface area contributed by atoms with Crippen molar-refractivity contribution in [2.45, 2.75) is 182 Å². The summed E-state index contributed by atoms with van der Waals surface area (Å²) in [5, 5.41) is 103. The van der Waals surface area contributed by atoms with Crippen LogP contribution in [0.4, 0.5) is 0 Å². The summed E-state index contributed by atoms with van der Waals surface area (Å²) in [5.41, 5.74) is 0. The molecule has 0 unspecified atom stereocenters. The third kappa shape index (κ3) is 12.2. The van der Waals surface area contributed by atoms with E-state index in [0.29, 0.717) is 6.42 Å². The number of aliphatic hydroxyl groups is 10. The minimum atomic E-state index is -2.48. The average Bonchev–Trinajstić information content (AvgIpc) is 3.39. The molecule has 0 bridgehead atoms. The van der Waals surface area contributed by atoms with E-state index in [9.17, 15) is 55.9 Å². The Morgan fingerprint density at radius 3 is 1.61 bits per heavy atom. The highest BCUT2D eigenvalue weighted by Crippen LogP contribution is 2.39. The number of carbonyl (C=O) groups is 1. The molecule has 0 radical (unpaired) electrons. The Hall–Kier alpha value is -1.13. The second-order valence-electron chi connectivity index (χ2n) is 13.9. The van der Waals surface area contributed by atoms with Crippen molar-refractivity contribution in [2.75, 3.05) is 26.4 Å². The predicted molar refractivity (Wildman–Crippen MR) is 175 cm³/mol. The molecule has 51 heavy (non-hydrogen) atoms. The van der Waals surface area contributed by atoms with Gasteiger partial charge in [-0.3, -0.25) is 4.79 Å². The quantitative estimate of drug-likeness (QED) is 0.0420. The van der Waals surface area contributed by atoms with Gasteiger partial charge in [-0.2, -0.15) is 0 Å². The third-order valence-corrected chi connectivity index (χ3v) is 9.88. The molecule has 3 heterocycles. The first-order chi connectivity index (χ1) is 24.4. The van der Waals surface area contributed by atoms with Crippen molar-refractivity contribution in [2.24, 2.45) is 0 Å². The zero-order chi connectivity index (χ0) is 37.6. The Bertz CT molecular complexity index is 975. The van der Waals surface area contributed by atoms with Crippen LogP contribution in [0.5, 0.6) is 0 Å². The summed E-state index contributed by atoms with van der Waals surface area (Å²) in [6.07, 6.45) is -7.62. The maximum absolute atomic E-state index is 12.4. The molecule has 3 fully saturated rings. The van der Waals surface area contributed by atoms with Crippen molar-refractivity contribution in [3.8, 4) is 0 Å². The Morgan fingerprint density at radius 1 is 0.588 bits per heavy atom. The molecule has 0 amide bonds. The molecule has 10 N–H and O–H groups in total. The van der Waals surface area contributed by atoms with E-state index in [4.69, 9.17) is 28.4 Å². The van der Waals surface area contributed by atoms with E-state index in [1.54, 1.807) is 0 Å². The first-order valence-electron chi connectivity index (χ1n) is 18.5. The van der Waals surface area contributed by atoms with Crippen molar-refractivity contribution in [3.05, 3.63) is 0 Å². The second kappa shape index (κ2) is 22.3. The zero-order valence-corrected chi connectivity index (χ0v) is 29.6. The maximum atomic E-state index is 12.4. The number of ether oxygens (including phenoxy) is 6. The average molecular weight is 743 g/mol. The molecule has 0 spiro atoms. The van der Waals surface area contributed by atoms with Crippen molar-refractivity contribution in [1.82, 2.24) is 0 Å². The molecule has 3 aliphatic rings. The molecule has 3 saturated heterocycles. The van der Waals surface area contributed by atoms with Crippen LogP contribution in [0.2, 0.25) is 0 Å². The Balaban J connectivity index is 1.51. The Kier molecular flexibility index (Phi) is 19.4. The lowest BCUT2D eigenvalue weighted by Crippen LogP contribution is -2.64. The van der Waals surface area contributed by atoms with E-state index in [2.05, 4.69) is 6.92 Å². The van der Waals surface area contributed by atoms with Gasteiger partial charge in [0.15, 0.2) is 12.6 Å². The van der Waals surface area contributed by atoms with Gasteiger partial charge in [0.25, 0.3) is 0 Å². The summed E-state index contributed by atoms with van der Waals surface area (Å²) in [6.45, 7) is -1.06.